The number of nitrogens with zero attached hydrogens (tertiary/aromatic N) is 2. The third-order valence-electron chi connectivity index (χ3n) is 3.05. The van der Waals surface area contributed by atoms with Crippen molar-refractivity contribution < 1.29 is 0 Å². The quantitative estimate of drug-likeness (QED) is 0.780. The minimum atomic E-state index is 0.101. The molecule has 0 radical (unpaired) electrons. The van der Waals surface area contributed by atoms with E-state index in [1.54, 1.807) is 12.2 Å². The maximum absolute atomic E-state index is 5.96. The van der Waals surface area contributed by atoms with Crippen LogP contribution >= 0.6 is 11.6 Å². The third kappa shape index (κ3) is 4.18. The summed E-state index contributed by atoms with van der Waals surface area (Å²) in [7, 11) is 0. The smallest absolute Gasteiger partial charge is 0.218 e. The van der Waals surface area contributed by atoms with E-state index in [4.69, 9.17) is 11.6 Å². The Bertz CT molecular complexity index is 526. The van der Waals surface area contributed by atoms with Crippen LogP contribution in [0.15, 0.2) is 57.0 Å². The molecule has 0 spiro atoms. The summed E-state index contributed by atoms with van der Waals surface area (Å²) in [6, 6.07) is 0.101. The van der Waals surface area contributed by atoms with Crippen LogP contribution in [0.25, 0.3) is 0 Å². The van der Waals surface area contributed by atoms with E-state index in [0.717, 1.165) is 13.1 Å². The lowest BCUT2D eigenvalue weighted by atomic mass is 10.2. The number of allylic oxidation sites excluding steroid dienone is 4. The van der Waals surface area contributed by atoms with E-state index in [0.29, 0.717) is 17.5 Å². The van der Waals surface area contributed by atoms with Gasteiger partial charge in [-0.05, 0) is 30.2 Å². The zero-order valence-electron chi connectivity index (χ0n) is 11.6. The van der Waals surface area contributed by atoms with Crippen molar-refractivity contribution in [3.05, 3.63) is 47.1 Å². The molecule has 0 amide bonds. The predicted octanol–water partition coefficient (Wildman–Crippen LogP) is 2.17. The molecule has 0 saturated carbocycles. The number of rotatable bonds is 4. The van der Waals surface area contributed by atoms with E-state index in [2.05, 4.69) is 27.2 Å². The molecule has 2 rings (SSSR count). The zero-order valence-corrected chi connectivity index (χ0v) is 12.3. The van der Waals surface area contributed by atoms with Crippen molar-refractivity contribution in [2.75, 3.05) is 19.6 Å². The molecule has 2 aliphatic heterocycles. The fraction of sp³-hybridized carbons (Fsp3) is 0.333. The molecular formula is C15H19ClN4. The minimum Gasteiger partial charge on any atom is -0.349 e. The zero-order chi connectivity index (χ0) is 14.4. The van der Waals surface area contributed by atoms with Gasteiger partial charge in [0.15, 0.2) is 0 Å². The van der Waals surface area contributed by atoms with Gasteiger partial charge >= 0.3 is 0 Å². The third-order valence-corrected chi connectivity index (χ3v) is 3.30. The maximum Gasteiger partial charge on any atom is 0.218 e. The van der Waals surface area contributed by atoms with Gasteiger partial charge < -0.3 is 10.6 Å². The molecule has 20 heavy (non-hydrogen) atoms. The molecule has 0 saturated heterocycles. The van der Waals surface area contributed by atoms with Gasteiger partial charge in [0.05, 0.1) is 6.54 Å². The molecule has 106 valence electrons. The second kappa shape index (κ2) is 7.22. The molecule has 0 aromatic heterocycles. The molecule has 0 aromatic carbocycles. The van der Waals surface area contributed by atoms with Crippen LogP contribution in [0.1, 0.15) is 6.92 Å². The highest BCUT2D eigenvalue weighted by molar-refractivity contribution is 6.31. The van der Waals surface area contributed by atoms with Crippen LogP contribution in [0.3, 0.4) is 0 Å². The number of halogens is 1. The summed E-state index contributed by atoms with van der Waals surface area (Å²) in [6.07, 6.45) is 9.10. The van der Waals surface area contributed by atoms with Crippen molar-refractivity contribution in [3.8, 4) is 0 Å². The van der Waals surface area contributed by atoms with E-state index in [1.165, 1.54) is 11.1 Å². The summed E-state index contributed by atoms with van der Waals surface area (Å²) in [5, 5.41) is 7.19. The first-order valence-corrected chi connectivity index (χ1v) is 7.00. The lowest BCUT2D eigenvalue weighted by Gasteiger charge is -2.10. The van der Waals surface area contributed by atoms with E-state index in [1.807, 2.05) is 25.3 Å². The van der Waals surface area contributed by atoms with Gasteiger partial charge in [-0.1, -0.05) is 30.3 Å². The monoisotopic (exact) mass is 290 g/mol. The fourth-order valence-electron chi connectivity index (χ4n) is 1.97. The number of guanidine groups is 1. The molecule has 1 unspecified atom stereocenters. The van der Waals surface area contributed by atoms with Crippen molar-refractivity contribution >= 4 is 23.8 Å². The van der Waals surface area contributed by atoms with E-state index in [-0.39, 0.29) is 6.04 Å². The number of nitrogens with one attached hydrogen (secondary N) is 2. The number of hydrogen-bond donors (Lipinski definition) is 2. The number of hydrogen-bond acceptors (Lipinski definition) is 4. The van der Waals surface area contributed by atoms with Crippen LogP contribution in [0.5, 0.6) is 0 Å². The van der Waals surface area contributed by atoms with Crippen molar-refractivity contribution in [3.63, 3.8) is 0 Å². The van der Waals surface area contributed by atoms with Crippen LogP contribution in [0.4, 0.5) is 0 Å². The Morgan fingerprint density at radius 3 is 3.20 bits per heavy atom. The summed E-state index contributed by atoms with van der Waals surface area (Å²) >= 11 is 5.96. The molecule has 0 aliphatic carbocycles. The van der Waals surface area contributed by atoms with Crippen LogP contribution in [0.2, 0.25) is 0 Å². The standard InChI is InChI=1S/C15H19ClN4/c1-3-4-14(16)6-5-11(2)20-15-18-9-12-7-17-8-13(12)10-19-15/h3-6,9,11,17H,1,7-8,10H2,2H3,(H,19,20)/b6-5-,14-4+. The van der Waals surface area contributed by atoms with E-state index >= 15 is 0 Å². The summed E-state index contributed by atoms with van der Waals surface area (Å²) in [6.45, 7) is 8.14. The molecule has 0 fully saturated rings. The van der Waals surface area contributed by atoms with Gasteiger partial charge in [0.1, 0.15) is 0 Å². The van der Waals surface area contributed by atoms with E-state index < -0.39 is 0 Å². The highest BCUT2D eigenvalue weighted by Crippen LogP contribution is 2.11. The Morgan fingerprint density at radius 2 is 2.40 bits per heavy atom. The Kier molecular flexibility index (Phi) is 5.32. The second-order valence-corrected chi connectivity index (χ2v) is 5.15. The summed E-state index contributed by atoms with van der Waals surface area (Å²) in [5.74, 6) is 0.667. The van der Waals surface area contributed by atoms with Gasteiger partial charge in [0, 0.05) is 30.4 Å². The molecule has 0 bridgehead atoms. The Labute approximate surface area is 124 Å². The second-order valence-electron chi connectivity index (χ2n) is 4.71. The topological polar surface area (TPSA) is 48.8 Å². The molecular weight excluding hydrogens is 272 g/mol. The first-order chi connectivity index (χ1) is 9.69. The lowest BCUT2D eigenvalue weighted by molar-refractivity contribution is 0.792. The summed E-state index contributed by atoms with van der Waals surface area (Å²) in [4.78, 5) is 8.87. The van der Waals surface area contributed by atoms with Crippen molar-refractivity contribution in [2.45, 2.75) is 13.0 Å². The molecule has 2 aliphatic rings. The van der Waals surface area contributed by atoms with Gasteiger partial charge in [0.2, 0.25) is 5.96 Å². The van der Waals surface area contributed by atoms with Gasteiger partial charge in [-0.15, -0.1) is 0 Å². The Balaban J connectivity index is 1.91. The van der Waals surface area contributed by atoms with Crippen LogP contribution < -0.4 is 10.6 Å². The lowest BCUT2D eigenvalue weighted by Crippen LogP contribution is -2.30. The highest BCUT2D eigenvalue weighted by Gasteiger charge is 2.14. The largest absolute Gasteiger partial charge is 0.349 e. The van der Waals surface area contributed by atoms with Gasteiger partial charge in [-0.25, -0.2) is 9.98 Å². The van der Waals surface area contributed by atoms with Crippen LogP contribution in [0, 0.1) is 0 Å². The average molecular weight is 291 g/mol. The maximum atomic E-state index is 5.96. The highest BCUT2D eigenvalue weighted by atomic mass is 35.5. The SMILES string of the molecule is C=C/C=C(Cl)\C=C/C(C)NC1=NCC2=C(C=N1)CNC2. The fourth-order valence-corrected chi connectivity index (χ4v) is 2.13. The first kappa shape index (κ1) is 14.8. The Morgan fingerprint density at radius 1 is 1.55 bits per heavy atom. The average Bonchev–Trinajstić information content (AvgIpc) is 2.80. The molecule has 1 atom stereocenters. The number of aliphatic imine (C=N–C) groups is 2. The summed E-state index contributed by atoms with van der Waals surface area (Å²) < 4.78 is 0. The predicted molar refractivity (Wildman–Crippen MR) is 86.6 cm³/mol. The van der Waals surface area contributed by atoms with Crippen LogP contribution in [-0.4, -0.2) is 37.9 Å². The molecule has 4 nitrogen and oxygen atoms in total. The molecule has 0 aromatic rings. The van der Waals surface area contributed by atoms with Gasteiger partial charge in [-0.2, -0.15) is 0 Å². The normalized spacial score (nSPS) is 20.7. The van der Waals surface area contributed by atoms with Crippen LogP contribution in [-0.2, 0) is 0 Å². The van der Waals surface area contributed by atoms with Gasteiger partial charge in [0.25, 0.3) is 0 Å². The van der Waals surface area contributed by atoms with Crippen molar-refractivity contribution in [1.29, 1.82) is 0 Å². The summed E-state index contributed by atoms with van der Waals surface area (Å²) in [5.41, 5.74) is 2.58. The van der Waals surface area contributed by atoms with Crippen molar-refractivity contribution in [1.82, 2.24) is 10.6 Å². The molecule has 2 N–H and O–H groups in total. The molecule has 5 heteroatoms. The van der Waals surface area contributed by atoms with E-state index in [9.17, 15) is 0 Å². The first-order valence-electron chi connectivity index (χ1n) is 6.62. The molecule has 2 heterocycles. The minimum absolute atomic E-state index is 0.101. The Hall–Kier alpha value is -1.65. The van der Waals surface area contributed by atoms with Gasteiger partial charge in [-0.3, -0.25) is 0 Å². The van der Waals surface area contributed by atoms with Crippen molar-refractivity contribution in [2.24, 2.45) is 9.98 Å².